The molecule has 2 rings (SSSR count). The summed E-state index contributed by atoms with van der Waals surface area (Å²) in [4.78, 5) is 36.9. The van der Waals surface area contributed by atoms with Crippen molar-refractivity contribution >= 4 is 11.9 Å². The number of carbonyl (C=O) groups excluding carboxylic acids is 1. The van der Waals surface area contributed by atoms with Gasteiger partial charge in [-0.2, -0.15) is 5.10 Å². The van der Waals surface area contributed by atoms with E-state index in [1.807, 2.05) is 0 Å². The molecule has 1 aliphatic heterocycles. The van der Waals surface area contributed by atoms with Gasteiger partial charge in [-0.25, -0.2) is 9.89 Å². The van der Waals surface area contributed by atoms with E-state index in [4.69, 9.17) is 0 Å². The van der Waals surface area contributed by atoms with Crippen LogP contribution < -0.4 is 5.56 Å². The lowest BCUT2D eigenvalue weighted by Gasteiger charge is -2.23. The molecule has 2 atom stereocenters. The molecule has 0 spiro atoms. The maximum Gasteiger partial charge on any atom is 0.326 e. The summed E-state index contributed by atoms with van der Waals surface area (Å²) in [6.45, 7) is 5.46. The fourth-order valence-electron chi connectivity index (χ4n) is 2.58. The number of carbonyl (C=O) groups is 2. The molecule has 7 nitrogen and oxygen atoms in total. The molecular weight excluding hydrogens is 262 g/mol. The molecule has 1 amide bonds. The lowest BCUT2D eigenvalue weighted by Crippen LogP contribution is -2.44. The van der Waals surface area contributed by atoms with Crippen molar-refractivity contribution in [2.75, 3.05) is 6.54 Å². The molecule has 20 heavy (non-hydrogen) atoms. The quantitative estimate of drug-likeness (QED) is 0.811. The highest BCUT2D eigenvalue weighted by atomic mass is 16.4. The highest BCUT2D eigenvalue weighted by Crippen LogP contribution is 2.26. The van der Waals surface area contributed by atoms with E-state index in [0.29, 0.717) is 24.2 Å². The maximum atomic E-state index is 12.5. The Balaban J connectivity index is 2.45. The van der Waals surface area contributed by atoms with E-state index in [-0.39, 0.29) is 11.5 Å². The van der Waals surface area contributed by atoms with Gasteiger partial charge in [0.05, 0.1) is 5.69 Å². The Morgan fingerprint density at radius 2 is 2.05 bits per heavy atom. The molecule has 1 aromatic rings. The number of carboxylic acid groups (broad SMARTS) is 1. The monoisotopic (exact) mass is 279 g/mol. The molecule has 7 heteroatoms. The average Bonchev–Trinajstić information content (AvgIpc) is 2.76. The van der Waals surface area contributed by atoms with Gasteiger partial charge in [-0.15, -0.1) is 0 Å². The number of aromatic amines is 1. The van der Waals surface area contributed by atoms with Crippen LogP contribution in [0.3, 0.4) is 0 Å². The predicted octanol–water partition coefficient (Wildman–Crippen LogP) is 0.322. The number of carboxylic acids is 1. The zero-order valence-corrected chi connectivity index (χ0v) is 11.6. The van der Waals surface area contributed by atoms with Gasteiger partial charge in [0.1, 0.15) is 11.6 Å². The Morgan fingerprint density at radius 3 is 2.65 bits per heavy atom. The van der Waals surface area contributed by atoms with Gasteiger partial charge in [-0.05, 0) is 31.7 Å². The van der Waals surface area contributed by atoms with Gasteiger partial charge in [0, 0.05) is 6.54 Å². The summed E-state index contributed by atoms with van der Waals surface area (Å²) < 4.78 is 0. The predicted molar refractivity (Wildman–Crippen MR) is 70.6 cm³/mol. The number of rotatable bonds is 2. The molecule has 0 saturated carbocycles. The fraction of sp³-hybridized carbons (Fsp3) is 0.538. The van der Waals surface area contributed by atoms with Gasteiger partial charge in [-0.3, -0.25) is 9.59 Å². The van der Waals surface area contributed by atoms with E-state index in [0.717, 1.165) is 0 Å². The number of aryl methyl sites for hydroxylation is 1. The average molecular weight is 279 g/mol. The zero-order chi connectivity index (χ0) is 15.0. The van der Waals surface area contributed by atoms with E-state index in [1.165, 1.54) is 4.90 Å². The van der Waals surface area contributed by atoms with Crippen molar-refractivity contribution in [2.24, 2.45) is 5.92 Å². The van der Waals surface area contributed by atoms with Crippen LogP contribution in [0, 0.1) is 19.8 Å². The van der Waals surface area contributed by atoms with Crippen LogP contribution in [0.15, 0.2) is 4.79 Å². The van der Waals surface area contributed by atoms with Gasteiger partial charge in [0.2, 0.25) is 0 Å². The number of nitrogens with one attached hydrogen (secondary N) is 1. The van der Waals surface area contributed by atoms with Crippen LogP contribution in [0.4, 0.5) is 0 Å². The minimum absolute atomic E-state index is 0.0159. The van der Waals surface area contributed by atoms with Gasteiger partial charge < -0.3 is 10.0 Å². The van der Waals surface area contributed by atoms with Crippen molar-refractivity contribution in [2.45, 2.75) is 33.2 Å². The van der Waals surface area contributed by atoms with Crippen molar-refractivity contribution < 1.29 is 14.7 Å². The number of aliphatic carboxylic acids is 1. The first-order valence-corrected chi connectivity index (χ1v) is 6.44. The number of amides is 1. The Hall–Kier alpha value is -2.18. The second-order valence-corrected chi connectivity index (χ2v) is 5.19. The summed E-state index contributed by atoms with van der Waals surface area (Å²) >= 11 is 0. The molecule has 1 aliphatic rings. The first-order valence-electron chi connectivity index (χ1n) is 6.44. The molecule has 1 fully saturated rings. The molecule has 108 valence electrons. The van der Waals surface area contributed by atoms with Crippen molar-refractivity contribution in [3.05, 3.63) is 27.2 Å². The van der Waals surface area contributed by atoms with Crippen molar-refractivity contribution in [3.63, 3.8) is 0 Å². The van der Waals surface area contributed by atoms with Gasteiger partial charge >= 0.3 is 5.97 Å². The van der Waals surface area contributed by atoms with Gasteiger partial charge in [-0.1, -0.05) is 6.92 Å². The molecule has 0 bridgehead atoms. The van der Waals surface area contributed by atoms with Crippen molar-refractivity contribution in [3.8, 4) is 0 Å². The van der Waals surface area contributed by atoms with E-state index in [9.17, 15) is 19.5 Å². The summed E-state index contributed by atoms with van der Waals surface area (Å²) in [5.74, 6) is -1.70. The first-order chi connectivity index (χ1) is 9.34. The van der Waals surface area contributed by atoms with E-state index < -0.39 is 23.5 Å². The molecule has 0 aromatic carbocycles. The van der Waals surface area contributed by atoms with Gasteiger partial charge in [0.25, 0.3) is 11.5 Å². The molecule has 0 aliphatic carbocycles. The highest BCUT2D eigenvalue weighted by molar-refractivity contribution is 5.98. The molecular formula is C13H17N3O4. The summed E-state index contributed by atoms with van der Waals surface area (Å²) in [5.41, 5.74) is 0.439. The summed E-state index contributed by atoms with van der Waals surface area (Å²) in [5, 5.41) is 15.3. The lowest BCUT2D eigenvalue weighted by atomic mass is 10.0. The van der Waals surface area contributed by atoms with Crippen LogP contribution in [-0.2, 0) is 4.79 Å². The van der Waals surface area contributed by atoms with Gasteiger partial charge in [0.15, 0.2) is 0 Å². The first kappa shape index (κ1) is 14.2. The topological polar surface area (TPSA) is 103 Å². The molecule has 1 aromatic heterocycles. The summed E-state index contributed by atoms with van der Waals surface area (Å²) in [6, 6.07) is -0.880. The Kier molecular flexibility index (Phi) is 3.61. The van der Waals surface area contributed by atoms with E-state index >= 15 is 0 Å². The molecule has 2 N–H and O–H groups in total. The Labute approximate surface area is 115 Å². The Morgan fingerprint density at radius 1 is 1.40 bits per heavy atom. The summed E-state index contributed by atoms with van der Waals surface area (Å²) in [6.07, 6.45) is 0.615. The van der Waals surface area contributed by atoms with Crippen LogP contribution >= 0.6 is 0 Å². The highest BCUT2D eigenvalue weighted by Gasteiger charge is 2.40. The van der Waals surface area contributed by atoms with Crippen LogP contribution in [0.25, 0.3) is 0 Å². The van der Waals surface area contributed by atoms with Crippen LogP contribution in [0.5, 0.6) is 0 Å². The zero-order valence-electron chi connectivity index (χ0n) is 11.6. The number of likely N-dealkylation sites (tertiary alicyclic amines) is 1. The number of nitrogens with zero attached hydrogens (tertiary/aromatic N) is 2. The minimum Gasteiger partial charge on any atom is -0.480 e. The van der Waals surface area contributed by atoms with Crippen LogP contribution in [0.1, 0.15) is 35.0 Å². The largest absolute Gasteiger partial charge is 0.480 e. The fourth-order valence-corrected chi connectivity index (χ4v) is 2.58. The minimum atomic E-state index is -1.04. The molecule has 1 saturated heterocycles. The molecule has 2 heterocycles. The second kappa shape index (κ2) is 5.07. The second-order valence-electron chi connectivity index (χ2n) is 5.19. The normalized spacial score (nSPS) is 22.1. The van der Waals surface area contributed by atoms with E-state index in [1.54, 1.807) is 20.8 Å². The number of hydrogen-bond acceptors (Lipinski definition) is 4. The SMILES string of the molecule is Cc1n[nH]c(=O)c(C(=O)N2CCC(C)C2C(=O)O)c1C. The smallest absolute Gasteiger partial charge is 0.326 e. The maximum absolute atomic E-state index is 12.5. The van der Waals surface area contributed by atoms with Crippen molar-refractivity contribution in [1.82, 2.24) is 15.1 Å². The third-order valence-electron chi connectivity index (χ3n) is 3.90. The van der Waals surface area contributed by atoms with E-state index in [2.05, 4.69) is 10.2 Å². The lowest BCUT2D eigenvalue weighted by molar-refractivity contribution is -0.142. The third kappa shape index (κ3) is 2.19. The summed E-state index contributed by atoms with van der Waals surface area (Å²) in [7, 11) is 0. The number of H-pyrrole nitrogens is 1. The number of aromatic nitrogens is 2. The molecule has 0 radical (unpaired) electrons. The molecule has 2 unspecified atom stereocenters. The van der Waals surface area contributed by atoms with Crippen LogP contribution in [-0.4, -0.2) is 44.7 Å². The van der Waals surface area contributed by atoms with Crippen molar-refractivity contribution in [1.29, 1.82) is 0 Å². The standard InChI is InChI=1S/C13H17N3O4/c1-6-4-5-16(10(6)13(19)20)12(18)9-7(2)8(3)14-15-11(9)17/h6,10H,4-5H2,1-3H3,(H,15,17)(H,19,20). The van der Waals surface area contributed by atoms with Crippen LogP contribution in [0.2, 0.25) is 0 Å². The number of hydrogen-bond donors (Lipinski definition) is 2. The third-order valence-corrected chi connectivity index (χ3v) is 3.90. The Bertz CT molecular complexity index is 623.